The number of hydrogen-bond acceptors (Lipinski definition) is 4. The fourth-order valence-corrected chi connectivity index (χ4v) is 1.52. The minimum absolute atomic E-state index is 0.0183. The number of aromatic carboxylic acids is 1. The predicted octanol–water partition coefficient (Wildman–Crippen LogP) is 1.40. The Balaban J connectivity index is 2.16. The topological polar surface area (TPSA) is 101 Å². The standard InChI is InChI=1S/C14H21N3O4/c1-2-7-21-8-3-6-15-14(20)17-10-11-4-5-12(13(18)19)16-9-11/h4-5,9H,2-3,6-8,10H2,1H3,(H,18,19)(H2,15,17,20). The van der Waals surface area contributed by atoms with Gasteiger partial charge < -0.3 is 20.5 Å². The van der Waals surface area contributed by atoms with E-state index in [1.165, 1.54) is 12.3 Å². The van der Waals surface area contributed by atoms with Gasteiger partial charge in [-0.05, 0) is 24.5 Å². The molecule has 0 aliphatic carbocycles. The molecule has 0 unspecified atom stereocenters. The molecule has 21 heavy (non-hydrogen) atoms. The van der Waals surface area contributed by atoms with E-state index in [-0.39, 0.29) is 11.7 Å². The Morgan fingerprint density at radius 3 is 2.71 bits per heavy atom. The van der Waals surface area contributed by atoms with E-state index in [2.05, 4.69) is 15.6 Å². The van der Waals surface area contributed by atoms with E-state index in [0.717, 1.165) is 25.0 Å². The fraction of sp³-hybridized carbons (Fsp3) is 0.500. The van der Waals surface area contributed by atoms with Gasteiger partial charge in [0.15, 0.2) is 0 Å². The van der Waals surface area contributed by atoms with Crippen molar-refractivity contribution in [3.05, 3.63) is 29.6 Å². The highest BCUT2D eigenvalue weighted by Crippen LogP contribution is 1.99. The molecule has 0 saturated carbocycles. The Labute approximate surface area is 123 Å². The van der Waals surface area contributed by atoms with E-state index in [4.69, 9.17) is 9.84 Å². The van der Waals surface area contributed by atoms with E-state index in [0.29, 0.717) is 19.7 Å². The number of urea groups is 1. The second-order valence-electron chi connectivity index (χ2n) is 4.43. The van der Waals surface area contributed by atoms with Gasteiger partial charge in [0.05, 0.1) is 0 Å². The molecule has 0 bridgehead atoms. The van der Waals surface area contributed by atoms with E-state index in [9.17, 15) is 9.59 Å². The lowest BCUT2D eigenvalue weighted by atomic mass is 10.2. The molecule has 0 saturated heterocycles. The highest BCUT2D eigenvalue weighted by molar-refractivity contribution is 5.85. The number of carbonyl (C=O) groups excluding carboxylic acids is 1. The van der Waals surface area contributed by atoms with Gasteiger partial charge in [-0.3, -0.25) is 0 Å². The summed E-state index contributed by atoms with van der Waals surface area (Å²) < 4.78 is 5.30. The van der Waals surface area contributed by atoms with Gasteiger partial charge in [0.2, 0.25) is 0 Å². The molecule has 0 atom stereocenters. The number of carbonyl (C=O) groups is 2. The quantitative estimate of drug-likeness (QED) is 0.598. The lowest BCUT2D eigenvalue weighted by Crippen LogP contribution is -2.35. The van der Waals surface area contributed by atoms with Crippen molar-refractivity contribution in [2.75, 3.05) is 19.8 Å². The van der Waals surface area contributed by atoms with E-state index in [1.807, 2.05) is 6.92 Å². The summed E-state index contributed by atoms with van der Waals surface area (Å²) in [6.07, 6.45) is 3.19. The number of ether oxygens (including phenoxy) is 1. The van der Waals surface area contributed by atoms with Crippen LogP contribution >= 0.6 is 0 Å². The van der Waals surface area contributed by atoms with Crippen molar-refractivity contribution in [2.24, 2.45) is 0 Å². The van der Waals surface area contributed by atoms with E-state index < -0.39 is 5.97 Å². The SMILES string of the molecule is CCCOCCCNC(=O)NCc1ccc(C(=O)O)nc1. The maximum Gasteiger partial charge on any atom is 0.354 e. The first-order valence-electron chi connectivity index (χ1n) is 6.91. The number of carboxylic acids is 1. The van der Waals surface area contributed by atoms with Gasteiger partial charge in [-0.15, -0.1) is 0 Å². The molecule has 0 aliphatic heterocycles. The van der Waals surface area contributed by atoms with Crippen LogP contribution in [0, 0.1) is 0 Å². The van der Waals surface area contributed by atoms with Gasteiger partial charge in [-0.2, -0.15) is 0 Å². The Kier molecular flexibility index (Phi) is 7.81. The molecule has 116 valence electrons. The van der Waals surface area contributed by atoms with Crippen LogP contribution in [0.15, 0.2) is 18.3 Å². The molecule has 0 radical (unpaired) electrons. The normalized spacial score (nSPS) is 10.1. The van der Waals surface area contributed by atoms with Crippen LogP contribution < -0.4 is 10.6 Å². The number of amides is 2. The minimum atomic E-state index is -1.07. The maximum atomic E-state index is 11.5. The summed E-state index contributed by atoms with van der Waals surface area (Å²) in [6.45, 7) is 4.26. The maximum absolute atomic E-state index is 11.5. The number of hydrogen-bond donors (Lipinski definition) is 3. The van der Waals surface area contributed by atoms with Crippen LogP contribution in [0.25, 0.3) is 0 Å². The summed E-state index contributed by atoms with van der Waals surface area (Å²) >= 11 is 0. The summed E-state index contributed by atoms with van der Waals surface area (Å²) in [6, 6.07) is 2.75. The van der Waals surface area contributed by atoms with Crippen molar-refractivity contribution >= 4 is 12.0 Å². The van der Waals surface area contributed by atoms with Crippen molar-refractivity contribution < 1.29 is 19.4 Å². The third kappa shape index (κ3) is 7.26. The molecule has 0 spiro atoms. The lowest BCUT2D eigenvalue weighted by Gasteiger charge is -2.08. The van der Waals surface area contributed by atoms with Gasteiger partial charge in [0, 0.05) is 32.5 Å². The molecular formula is C14H21N3O4. The monoisotopic (exact) mass is 295 g/mol. The highest BCUT2D eigenvalue weighted by atomic mass is 16.5. The Morgan fingerprint density at radius 2 is 2.10 bits per heavy atom. The minimum Gasteiger partial charge on any atom is -0.477 e. The second-order valence-corrected chi connectivity index (χ2v) is 4.43. The largest absolute Gasteiger partial charge is 0.477 e. The molecule has 2 amide bonds. The van der Waals surface area contributed by atoms with Gasteiger partial charge >= 0.3 is 12.0 Å². The number of aromatic nitrogens is 1. The van der Waals surface area contributed by atoms with Crippen LogP contribution in [0.1, 0.15) is 35.8 Å². The molecule has 0 aliphatic rings. The van der Waals surface area contributed by atoms with Crippen molar-refractivity contribution in [1.29, 1.82) is 0 Å². The molecule has 1 aromatic rings. The van der Waals surface area contributed by atoms with Crippen molar-refractivity contribution in [2.45, 2.75) is 26.3 Å². The van der Waals surface area contributed by atoms with Crippen LogP contribution in [-0.4, -0.2) is 41.8 Å². The first kappa shape index (κ1) is 16.9. The molecule has 0 aromatic carbocycles. The average molecular weight is 295 g/mol. The zero-order valence-electron chi connectivity index (χ0n) is 12.1. The molecule has 1 heterocycles. The predicted molar refractivity (Wildman–Crippen MR) is 77.2 cm³/mol. The first-order valence-corrected chi connectivity index (χ1v) is 6.91. The number of nitrogens with one attached hydrogen (secondary N) is 2. The molecule has 3 N–H and O–H groups in total. The van der Waals surface area contributed by atoms with Crippen molar-refractivity contribution in [3.8, 4) is 0 Å². The summed E-state index contributed by atoms with van der Waals surface area (Å²) in [4.78, 5) is 25.9. The van der Waals surface area contributed by atoms with E-state index in [1.54, 1.807) is 6.07 Å². The summed E-state index contributed by atoms with van der Waals surface area (Å²) in [5.41, 5.74) is 0.719. The van der Waals surface area contributed by atoms with Crippen LogP contribution in [0.3, 0.4) is 0 Å². The summed E-state index contributed by atoms with van der Waals surface area (Å²) in [5.74, 6) is -1.07. The molecule has 1 rings (SSSR count). The van der Waals surface area contributed by atoms with Crippen LogP contribution in [0.5, 0.6) is 0 Å². The Hall–Kier alpha value is -2.15. The number of nitrogens with zero attached hydrogens (tertiary/aromatic N) is 1. The molecule has 0 fully saturated rings. The molecule has 7 heteroatoms. The van der Waals surface area contributed by atoms with Gasteiger partial charge in [-0.1, -0.05) is 13.0 Å². The fourth-order valence-electron chi connectivity index (χ4n) is 1.52. The van der Waals surface area contributed by atoms with Gasteiger partial charge in [0.25, 0.3) is 0 Å². The molecule has 1 aromatic heterocycles. The van der Waals surface area contributed by atoms with Crippen molar-refractivity contribution in [3.63, 3.8) is 0 Å². The number of rotatable bonds is 9. The highest BCUT2D eigenvalue weighted by Gasteiger charge is 2.04. The van der Waals surface area contributed by atoms with Crippen LogP contribution in [0.4, 0.5) is 4.79 Å². The summed E-state index contributed by atoms with van der Waals surface area (Å²) in [7, 11) is 0. The van der Waals surface area contributed by atoms with Crippen molar-refractivity contribution in [1.82, 2.24) is 15.6 Å². The molecule has 7 nitrogen and oxygen atoms in total. The Morgan fingerprint density at radius 1 is 1.29 bits per heavy atom. The zero-order valence-corrected chi connectivity index (χ0v) is 12.1. The second kappa shape index (κ2) is 9.71. The van der Waals surface area contributed by atoms with Gasteiger partial charge in [-0.25, -0.2) is 14.6 Å². The van der Waals surface area contributed by atoms with E-state index >= 15 is 0 Å². The number of carboxylic acid groups (broad SMARTS) is 1. The zero-order chi connectivity index (χ0) is 15.5. The van der Waals surface area contributed by atoms with Crippen LogP contribution in [-0.2, 0) is 11.3 Å². The third-order valence-corrected chi connectivity index (χ3v) is 2.60. The Bertz CT molecular complexity index is 448. The number of pyridine rings is 1. The summed E-state index contributed by atoms with van der Waals surface area (Å²) in [5, 5.41) is 14.1. The first-order chi connectivity index (χ1) is 10.1. The third-order valence-electron chi connectivity index (χ3n) is 2.60. The lowest BCUT2D eigenvalue weighted by molar-refractivity contribution is 0.0690. The smallest absolute Gasteiger partial charge is 0.354 e. The molecular weight excluding hydrogens is 274 g/mol. The van der Waals surface area contributed by atoms with Gasteiger partial charge in [0.1, 0.15) is 5.69 Å². The van der Waals surface area contributed by atoms with Crippen LogP contribution in [0.2, 0.25) is 0 Å². The average Bonchev–Trinajstić information content (AvgIpc) is 2.49.